The molecule has 0 unspecified atom stereocenters. The molecule has 1 aromatic heterocycles. The Morgan fingerprint density at radius 3 is 2.50 bits per heavy atom. The van der Waals surface area contributed by atoms with Gasteiger partial charge in [-0.25, -0.2) is 4.39 Å². The van der Waals surface area contributed by atoms with Crippen LogP contribution in [0.3, 0.4) is 0 Å². The van der Waals surface area contributed by atoms with Gasteiger partial charge in [0.05, 0.1) is 5.52 Å². The summed E-state index contributed by atoms with van der Waals surface area (Å²) in [5.74, 6) is -0.107. The Morgan fingerprint density at radius 2 is 1.94 bits per heavy atom. The van der Waals surface area contributed by atoms with E-state index in [0.29, 0.717) is 5.52 Å². The van der Waals surface area contributed by atoms with Gasteiger partial charge in [-0.05, 0) is 23.5 Å². The molecular formula is C14H18FN. The van der Waals surface area contributed by atoms with Crippen LogP contribution >= 0.6 is 0 Å². The molecule has 0 atom stereocenters. The van der Waals surface area contributed by atoms with E-state index in [-0.39, 0.29) is 11.2 Å². The highest BCUT2D eigenvalue weighted by Crippen LogP contribution is 2.30. The van der Waals surface area contributed by atoms with Crippen LogP contribution in [0.1, 0.15) is 39.0 Å². The molecule has 1 heterocycles. The summed E-state index contributed by atoms with van der Waals surface area (Å²) in [6.45, 7) is 8.15. The van der Waals surface area contributed by atoms with Gasteiger partial charge >= 0.3 is 0 Å². The zero-order valence-electron chi connectivity index (χ0n) is 10.3. The van der Waals surface area contributed by atoms with Gasteiger partial charge in [0.15, 0.2) is 5.82 Å². The third-order valence-corrected chi connectivity index (χ3v) is 2.98. The molecule has 0 aliphatic heterocycles. The summed E-state index contributed by atoms with van der Waals surface area (Å²) in [4.78, 5) is 3.15. The quantitative estimate of drug-likeness (QED) is 0.741. The van der Waals surface area contributed by atoms with Crippen molar-refractivity contribution in [1.29, 1.82) is 0 Å². The minimum absolute atomic E-state index is 0.107. The summed E-state index contributed by atoms with van der Waals surface area (Å²) < 4.78 is 14.3. The van der Waals surface area contributed by atoms with Crippen LogP contribution in [0.25, 0.3) is 10.9 Å². The lowest BCUT2D eigenvalue weighted by Crippen LogP contribution is -2.13. The van der Waals surface area contributed by atoms with E-state index < -0.39 is 0 Å². The average molecular weight is 219 g/mol. The molecule has 2 aromatic rings. The van der Waals surface area contributed by atoms with Crippen LogP contribution < -0.4 is 0 Å². The van der Waals surface area contributed by atoms with Gasteiger partial charge in [-0.3, -0.25) is 0 Å². The van der Waals surface area contributed by atoms with Gasteiger partial charge in [0.25, 0.3) is 0 Å². The number of nitrogens with one attached hydrogen (secondary N) is 1. The molecule has 0 spiro atoms. The Balaban J connectivity index is 2.69. The first-order chi connectivity index (χ1) is 7.43. The monoisotopic (exact) mass is 219 g/mol. The Morgan fingerprint density at radius 1 is 1.25 bits per heavy atom. The van der Waals surface area contributed by atoms with E-state index in [2.05, 4.69) is 11.9 Å². The smallest absolute Gasteiger partial charge is 0.150 e. The van der Waals surface area contributed by atoms with Crippen molar-refractivity contribution in [2.24, 2.45) is 0 Å². The molecule has 0 aliphatic carbocycles. The van der Waals surface area contributed by atoms with Crippen molar-refractivity contribution in [1.82, 2.24) is 4.98 Å². The van der Waals surface area contributed by atoms with E-state index in [4.69, 9.17) is 0 Å². The lowest BCUT2D eigenvalue weighted by Gasteiger charge is -2.19. The van der Waals surface area contributed by atoms with Crippen molar-refractivity contribution >= 4 is 10.9 Å². The predicted molar refractivity (Wildman–Crippen MR) is 66.3 cm³/mol. The third kappa shape index (κ3) is 1.73. The summed E-state index contributed by atoms with van der Waals surface area (Å²) in [5.41, 5.74) is 2.34. The van der Waals surface area contributed by atoms with Crippen molar-refractivity contribution in [3.05, 3.63) is 35.3 Å². The number of hydrogen-bond acceptors (Lipinski definition) is 0. The summed E-state index contributed by atoms with van der Waals surface area (Å²) in [7, 11) is 0. The number of hydrogen-bond donors (Lipinski definition) is 1. The van der Waals surface area contributed by atoms with Crippen molar-refractivity contribution in [3.63, 3.8) is 0 Å². The van der Waals surface area contributed by atoms with Crippen LogP contribution in [0.4, 0.5) is 4.39 Å². The summed E-state index contributed by atoms with van der Waals surface area (Å²) in [6.07, 6.45) is 0.902. The maximum absolute atomic E-state index is 14.3. The summed E-state index contributed by atoms with van der Waals surface area (Å²) >= 11 is 0. The Labute approximate surface area is 95.7 Å². The molecule has 0 bridgehead atoms. The van der Waals surface area contributed by atoms with E-state index in [1.165, 1.54) is 0 Å². The third-order valence-electron chi connectivity index (χ3n) is 2.98. The standard InChI is InChI=1S/C14H18FN/c1-5-10-8-9-6-7-11(14(2,3)4)12(15)13(9)16-10/h6-8,16H,5H2,1-4H3. The van der Waals surface area contributed by atoms with E-state index in [0.717, 1.165) is 23.1 Å². The van der Waals surface area contributed by atoms with E-state index >= 15 is 0 Å². The fraction of sp³-hybridized carbons (Fsp3) is 0.429. The van der Waals surface area contributed by atoms with Gasteiger partial charge in [0.1, 0.15) is 0 Å². The number of halogens is 1. The number of rotatable bonds is 1. The maximum Gasteiger partial charge on any atom is 0.150 e. The largest absolute Gasteiger partial charge is 0.356 e. The van der Waals surface area contributed by atoms with Crippen LogP contribution in [-0.2, 0) is 11.8 Å². The molecule has 0 radical (unpaired) electrons. The lowest BCUT2D eigenvalue weighted by atomic mass is 9.86. The highest BCUT2D eigenvalue weighted by molar-refractivity contribution is 5.82. The minimum atomic E-state index is -0.157. The second kappa shape index (κ2) is 3.62. The number of aromatic nitrogens is 1. The molecule has 86 valence electrons. The lowest BCUT2D eigenvalue weighted by molar-refractivity contribution is 0.528. The van der Waals surface area contributed by atoms with Gasteiger partial charge in [0, 0.05) is 11.1 Å². The number of aromatic amines is 1. The first-order valence-electron chi connectivity index (χ1n) is 5.74. The summed E-state index contributed by atoms with van der Waals surface area (Å²) in [6, 6.07) is 5.91. The van der Waals surface area contributed by atoms with Crippen LogP contribution in [0.2, 0.25) is 0 Å². The first kappa shape index (κ1) is 11.2. The number of fused-ring (bicyclic) bond motifs is 1. The van der Waals surface area contributed by atoms with Crippen LogP contribution in [0, 0.1) is 5.82 Å². The molecule has 0 amide bonds. The SMILES string of the molecule is CCc1cc2ccc(C(C)(C)C)c(F)c2[nH]1. The van der Waals surface area contributed by atoms with Gasteiger partial charge in [-0.1, -0.05) is 39.8 Å². The number of benzene rings is 1. The normalized spacial score (nSPS) is 12.3. The average Bonchev–Trinajstić information content (AvgIpc) is 2.60. The highest BCUT2D eigenvalue weighted by Gasteiger charge is 2.20. The molecule has 0 saturated carbocycles. The molecule has 16 heavy (non-hydrogen) atoms. The Kier molecular flexibility index (Phi) is 2.53. The number of H-pyrrole nitrogens is 1. The van der Waals surface area contributed by atoms with Crippen LogP contribution in [-0.4, -0.2) is 4.98 Å². The van der Waals surface area contributed by atoms with Crippen molar-refractivity contribution < 1.29 is 4.39 Å². The maximum atomic E-state index is 14.3. The van der Waals surface area contributed by atoms with E-state index in [1.54, 1.807) is 0 Å². The second-order valence-electron chi connectivity index (χ2n) is 5.29. The fourth-order valence-electron chi connectivity index (χ4n) is 1.99. The zero-order valence-corrected chi connectivity index (χ0v) is 10.3. The van der Waals surface area contributed by atoms with Gasteiger partial charge < -0.3 is 4.98 Å². The Bertz CT molecular complexity index is 517. The molecular weight excluding hydrogens is 201 g/mol. The predicted octanol–water partition coefficient (Wildman–Crippen LogP) is 4.17. The second-order valence-corrected chi connectivity index (χ2v) is 5.29. The molecule has 0 aliphatic rings. The van der Waals surface area contributed by atoms with E-state index in [1.807, 2.05) is 39.0 Å². The summed E-state index contributed by atoms with van der Waals surface area (Å²) in [5, 5.41) is 0.961. The first-order valence-corrected chi connectivity index (χ1v) is 5.74. The van der Waals surface area contributed by atoms with E-state index in [9.17, 15) is 4.39 Å². The van der Waals surface area contributed by atoms with Gasteiger partial charge in [0.2, 0.25) is 0 Å². The molecule has 2 rings (SSSR count). The zero-order chi connectivity index (χ0) is 11.9. The number of aryl methyl sites for hydroxylation is 1. The fourth-order valence-corrected chi connectivity index (χ4v) is 1.99. The molecule has 0 saturated heterocycles. The Hall–Kier alpha value is -1.31. The molecule has 1 aromatic carbocycles. The highest BCUT2D eigenvalue weighted by atomic mass is 19.1. The molecule has 2 heteroatoms. The van der Waals surface area contributed by atoms with Gasteiger partial charge in [-0.2, -0.15) is 0 Å². The van der Waals surface area contributed by atoms with Crippen LogP contribution in [0.15, 0.2) is 18.2 Å². The van der Waals surface area contributed by atoms with Gasteiger partial charge in [-0.15, -0.1) is 0 Å². The van der Waals surface area contributed by atoms with Crippen molar-refractivity contribution in [2.75, 3.05) is 0 Å². The van der Waals surface area contributed by atoms with Crippen molar-refractivity contribution in [3.8, 4) is 0 Å². The van der Waals surface area contributed by atoms with Crippen molar-refractivity contribution in [2.45, 2.75) is 39.5 Å². The minimum Gasteiger partial charge on any atom is -0.356 e. The molecule has 0 fully saturated rings. The molecule has 1 N–H and O–H groups in total. The van der Waals surface area contributed by atoms with Crippen LogP contribution in [0.5, 0.6) is 0 Å². The topological polar surface area (TPSA) is 15.8 Å². The molecule has 1 nitrogen and oxygen atoms in total.